The van der Waals surface area contributed by atoms with Crippen LogP contribution < -0.4 is 63.1 Å². The summed E-state index contributed by atoms with van der Waals surface area (Å²) in [4.78, 5) is 59.6. The first-order chi connectivity index (χ1) is 32.9. The van der Waals surface area contributed by atoms with Crippen molar-refractivity contribution in [2.45, 2.75) is 115 Å². The van der Waals surface area contributed by atoms with Crippen LogP contribution in [0.15, 0.2) is 24.3 Å². The Hall–Kier alpha value is -4.72. The summed E-state index contributed by atoms with van der Waals surface area (Å²) in [5, 5.41) is 12.3. The van der Waals surface area contributed by atoms with Crippen LogP contribution in [0, 0.1) is 0 Å². The van der Waals surface area contributed by atoms with Gasteiger partial charge in [0.2, 0.25) is 0 Å². The Morgan fingerprint density at radius 1 is 0.441 bits per heavy atom. The van der Waals surface area contributed by atoms with Crippen molar-refractivity contribution in [1.29, 1.82) is 0 Å². The van der Waals surface area contributed by atoms with Gasteiger partial charge in [-0.2, -0.15) is 0 Å². The normalized spacial score (nSPS) is 14.7. The van der Waals surface area contributed by atoms with E-state index in [2.05, 4.69) is 21.3 Å². The quantitative estimate of drug-likeness (QED) is 0.0453. The summed E-state index contributed by atoms with van der Waals surface area (Å²) >= 11 is 0. The maximum Gasteiger partial charge on any atom is 0.255 e. The van der Waals surface area contributed by atoms with Crippen LogP contribution in [-0.4, -0.2) is 152 Å². The Bertz CT molecular complexity index is 1660. The summed E-state index contributed by atoms with van der Waals surface area (Å²) in [5.74, 6) is -0.0450. The minimum absolute atomic E-state index is 0.199. The predicted octanol–water partition coefficient (Wildman–Crippen LogP) is 3.77. The van der Waals surface area contributed by atoms with E-state index in [1.807, 2.05) is 38.0 Å². The molecule has 68 heavy (non-hydrogen) atoms. The van der Waals surface area contributed by atoms with E-state index >= 15 is 0 Å². The highest BCUT2D eigenvalue weighted by Gasteiger charge is 2.29. The zero-order valence-corrected chi connectivity index (χ0v) is 41.7. The lowest BCUT2D eigenvalue weighted by Crippen LogP contribution is -2.44. The standard InChI is InChI=1S/C50H86N10O8/c1-59(2)27-25-55-47(61)39-33-41(45(67-31-15-7-11-23-53)35-43(39)65-29-13-5-9-21-51)49(63)57-37-17-19-38(20-18-37)58-50(64)42-34-40(48(62)56-26-28-60(3)4)44(66-30-14-6-10-22-52)36-46(42)68-32-16-8-12-24-54/h33-38H,5-32,51-54H2,1-4H3,(H,55,61)(H,56,62)(H,57,63)(H,58,64)/t37-,38-. The Balaban J connectivity index is 1.83. The number of amides is 4. The van der Waals surface area contributed by atoms with Crippen molar-refractivity contribution in [3.8, 4) is 23.0 Å². The average Bonchev–Trinajstić information content (AvgIpc) is 3.31. The van der Waals surface area contributed by atoms with Crippen LogP contribution in [-0.2, 0) is 0 Å². The number of hydrogen-bond acceptors (Lipinski definition) is 14. The summed E-state index contributed by atoms with van der Waals surface area (Å²) in [6.07, 6.45) is 12.4. The number of ether oxygens (including phenoxy) is 4. The van der Waals surface area contributed by atoms with Crippen LogP contribution in [0.1, 0.15) is 144 Å². The molecule has 1 aliphatic carbocycles. The number of nitrogens with zero attached hydrogens (tertiary/aromatic N) is 2. The van der Waals surface area contributed by atoms with Crippen molar-refractivity contribution < 1.29 is 38.1 Å². The molecule has 12 N–H and O–H groups in total. The number of carbonyl (C=O) groups excluding carboxylic acids is 4. The number of carbonyl (C=O) groups is 4. The Morgan fingerprint density at radius 3 is 0.985 bits per heavy atom. The molecule has 18 heteroatoms. The second-order valence-electron chi connectivity index (χ2n) is 18.1. The summed E-state index contributed by atoms with van der Waals surface area (Å²) in [7, 11) is 7.72. The fourth-order valence-electron chi connectivity index (χ4n) is 7.62. The largest absolute Gasteiger partial charge is 0.493 e. The Morgan fingerprint density at radius 2 is 0.721 bits per heavy atom. The topological polar surface area (TPSA) is 264 Å². The minimum Gasteiger partial charge on any atom is -0.493 e. The lowest BCUT2D eigenvalue weighted by Gasteiger charge is -2.30. The van der Waals surface area contributed by atoms with Gasteiger partial charge in [0, 0.05) is 50.4 Å². The van der Waals surface area contributed by atoms with Gasteiger partial charge in [0.15, 0.2) is 0 Å². The van der Waals surface area contributed by atoms with E-state index in [0.717, 1.165) is 77.0 Å². The monoisotopic (exact) mass is 955 g/mol. The van der Waals surface area contributed by atoms with Crippen LogP contribution in [0.2, 0.25) is 0 Å². The number of rotatable bonds is 36. The van der Waals surface area contributed by atoms with Crippen molar-refractivity contribution in [2.75, 3.05) is 107 Å². The number of likely N-dealkylation sites (N-methyl/N-ethyl adjacent to an activating group) is 2. The van der Waals surface area contributed by atoms with Gasteiger partial charge in [-0.15, -0.1) is 0 Å². The van der Waals surface area contributed by atoms with Gasteiger partial charge in [-0.25, -0.2) is 0 Å². The lowest BCUT2D eigenvalue weighted by atomic mass is 9.90. The van der Waals surface area contributed by atoms with Crippen molar-refractivity contribution >= 4 is 23.6 Å². The van der Waals surface area contributed by atoms with E-state index < -0.39 is 0 Å². The third-order valence-electron chi connectivity index (χ3n) is 11.7. The van der Waals surface area contributed by atoms with Crippen LogP contribution >= 0.6 is 0 Å². The predicted molar refractivity (Wildman–Crippen MR) is 269 cm³/mol. The number of benzene rings is 2. The van der Waals surface area contributed by atoms with Gasteiger partial charge in [-0.05, 0) is 169 Å². The van der Waals surface area contributed by atoms with Gasteiger partial charge in [0.25, 0.3) is 23.6 Å². The number of nitrogens with one attached hydrogen (secondary N) is 4. The van der Waals surface area contributed by atoms with Gasteiger partial charge in [-0.1, -0.05) is 0 Å². The molecular formula is C50H86N10O8. The Labute approximate surface area is 406 Å². The number of nitrogens with two attached hydrogens (primary N) is 4. The summed E-state index contributed by atoms with van der Waals surface area (Å²) in [6.45, 7) is 5.95. The van der Waals surface area contributed by atoms with Gasteiger partial charge < -0.3 is 72.9 Å². The Kier molecular flexibility index (Phi) is 28.6. The van der Waals surface area contributed by atoms with Crippen molar-refractivity contribution in [1.82, 2.24) is 31.1 Å². The van der Waals surface area contributed by atoms with E-state index in [9.17, 15) is 19.2 Å². The molecule has 1 saturated carbocycles. The molecule has 0 spiro atoms. The average molecular weight is 955 g/mol. The van der Waals surface area contributed by atoms with Crippen LogP contribution in [0.4, 0.5) is 0 Å². The van der Waals surface area contributed by atoms with Crippen molar-refractivity contribution in [2.24, 2.45) is 22.9 Å². The van der Waals surface area contributed by atoms with Crippen LogP contribution in [0.5, 0.6) is 23.0 Å². The molecule has 3 rings (SSSR count). The highest BCUT2D eigenvalue weighted by atomic mass is 16.5. The van der Waals surface area contributed by atoms with Gasteiger partial charge in [0.05, 0.1) is 48.7 Å². The number of hydrogen-bond donors (Lipinski definition) is 8. The highest BCUT2D eigenvalue weighted by Crippen LogP contribution is 2.33. The van der Waals surface area contributed by atoms with E-state index in [4.69, 9.17) is 41.9 Å². The molecule has 0 unspecified atom stereocenters. The fourth-order valence-corrected chi connectivity index (χ4v) is 7.62. The van der Waals surface area contributed by atoms with E-state index in [1.165, 1.54) is 0 Å². The zero-order valence-electron chi connectivity index (χ0n) is 41.7. The minimum atomic E-state index is -0.363. The first-order valence-electron chi connectivity index (χ1n) is 25.1. The smallest absolute Gasteiger partial charge is 0.255 e. The van der Waals surface area contributed by atoms with Crippen LogP contribution in [0.25, 0.3) is 0 Å². The van der Waals surface area contributed by atoms with Crippen molar-refractivity contribution in [3.05, 3.63) is 46.5 Å². The molecule has 0 heterocycles. The van der Waals surface area contributed by atoms with E-state index in [-0.39, 0.29) is 58.0 Å². The first kappa shape index (κ1) is 57.6. The summed E-state index contributed by atoms with van der Waals surface area (Å²) in [6, 6.07) is 6.07. The zero-order chi connectivity index (χ0) is 49.5. The lowest BCUT2D eigenvalue weighted by molar-refractivity contribution is 0.0885. The molecule has 18 nitrogen and oxygen atoms in total. The van der Waals surface area contributed by atoms with Gasteiger partial charge in [0.1, 0.15) is 23.0 Å². The highest BCUT2D eigenvalue weighted by molar-refractivity contribution is 6.04. The molecule has 0 bridgehead atoms. The molecule has 0 aromatic heterocycles. The fraction of sp³-hybridized carbons (Fsp3) is 0.680. The maximum atomic E-state index is 14.2. The molecule has 0 atom stereocenters. The van der Waals surface area contributed by atoms with E-state index in [0.29, 0.717) is 127 Å². The second-order valence-corrected chi connectivity index (χ2v) is 18.1. The molecule has 384 valence electrons. The van der Waals surface area contributed by atoms with E-state index in [1.54, 1.807) is 24.3 Å². The third-order valence-corrected chi connectivity index (χ3v) is 11.7. The molecular weight excluding hydrogens is 869 g/mol. The van der Waals surface area contributed by atoms with Gasteiger partial charge >= 0.3 is 0 Å². The van der Waals surface area contributed by atoms with Gasteiger partial charge in [-0.3, -0.25) is 19.2 Å². The molecule has 0 aliphatic heterocycles. The summed E-state index contributed by atoms with van der Waals surface area (Å²) in [5.41, 5.74) is 23.8. The molecule has 0 radical (unpaired) electrons. The van der Waals surface area contributed by atoms with Crippen LogP contribution in [0.3, 0.4) is 0 Å². The first-order valence-corrected chi connectivity index (χ1v) is 25.1. The molecule has 4 amide bonds. The number of unbranched alkanes of at least 4 members (excludes halogenated alkanes) is 8. The SMILES string of the molecule is CN(C)CCNC(=O)c1cc(C(=O)N[C@H]2CC[C@H](NC(=O)c3cc(C(=O)NCCN(C)C)c(OCCCCCN)cc3OCCCCCN)CC2)c(OCCCCCN)cc1OCCCCCN. The molecule has 1 aliphatic rings. The summed E-state index contributed by atoms with van der Waals surface area (Å²) < 4.78 is 24.8. The molecule has 2 aromatic carbocycles. The molecule has 0 saturated heterocycles. The van der Waals surface area contributed by atoms with Crippen molar-refractivity contribution in [3.63, 3.8) is 0 Å². The molecule has 1 fully saturated rings. The third kappa shape index (κ3) is 21.7. The maximum absolute atomic E-state index is 14.2. The second kappa shape index (κ2) is 33.7. The molecule has 2 aromatic rings.